The molecule has 4 rings (SSSR count). The Bertz CT molecular complexity index is 888. The van der Waals surface area contributed by atoms with Crippen molar-refractivity contribution in [2.45, 2.75) is 85.1 Å². The zero-order chi connectivity index (χ0) is 26.8. The van der Waals surface area contributed by atoms with Crippen LogP contribution in [0.1, 0.15) is 79.1 Å². The molecule has 2 N–H and O–H groups in total. The van der Waals surface area contributed by atoms with Crippen molar-refractivity contribution < 1.29 is 28.6 Å². The molecular formula is C29H46N2O6. The minimum atomic E-state index is -0.546. The number of esters is 1. The van der Waals surface area contributed by atoms with Gasteiger partial charge in [-0.1, -0.05) is 33.8 Å². The van der Waals surface area contributed by atoms with Crippen molar-refractivity contribution in [1.29, 1.82) is 0 Å². The molecule has 37 heavy (non-hydrogen) atoms. The van der Waals surface area contributed by atoms with Gasteiger partial charge in [-0.05, 0) is 92.3 Å². The molecule has 7 atom stereocenters. The molecule has 0 aliphatic heterocycles. The van der Waals surface area contributed by atoms with Gasteiger partial charge in [0.05, 0.1) is 6.61 Å². The van der Waals surface area contributed by atoms with E-state index in [-0.39, 0.29) is 36.2 Å². The zero-order valence-corrected chi connectivity index (χ0v) is 23.1. The summed E-state index contributed by atoms with van der Waals surface area (Å²) in [6.45, 7) is 12.5. The molecule has 5 unspecified atom stereocenters. The van der Waals surface area contributed by atoms with E-state index in [0.717, 1.165) is 42.9 Å². The number of carbonyl (C=O) groups is 3. The van der Waals surface area contributed by atoms with Gasteiger partial charge < -0.3 is 24.8 Å². The lowest BCUT2D eigenvalue weighted by molar-refractivity contribution is -0.139. The Labute approximate surface area is 221 Å². The van der Waals surface area contributed by atoms with Crippen LogP contribution in [0.5, 0.6) is 0 Å². The number of amides is 2. The average molecular weight is 519 g/mol. The largest absolute Gasteiger partial charge is 0.459 e. The molecule has 4 aliphatic carbocycles. The third-order valence-electron chi connectivity index (χ3n) is 9.32. The maximum atomic E-state index is 12.8. The molecule has 8 nitrogen and oxygen atoms in total. The van der Waals surface area contributed by atoms with Crippen LogP contribution in [0.25, 0.3) is 0 Å². The third kappa shape index (κ3) is 6.99. The summed E-state index contributed by atoms with van der Waals surface area (Å²) in [4.78, 5) is 36.3. The fourth-order valence-electron chi connectivity index (χ4n) is 8.39. The summed E-state index contributed by atoms with van der Waals surface area (Å²) in [5, 5.41) is 5.98. The predicted molar refractivity (Wildman–Crippen MR) is 140 cm³/mol. The van der Waals surface area contributed by atoms with Crippen molar-refractivity contribution in [1.82, 2.24) is 10.6 Å². The number of nitrogens with one attached hydrogen (secondary N) is 2. The van der Waals surface area contributed by atoms with E-state index < -0.39 is 12.1 Å². The van der Waals surface area contributed by atoms with E-state index >= 15 is 0 Å². The average Bonchev–Trinajstić information content (AvgIpc) is 3.51. The van der Waals surface area contributed by atoms with E-state index in [1.165, 1.54) is 32.1 Å². The molecule has 8 heteroatoms. The first-order valence-electron chi connectivity index (χ1n) is 14.1. The second-order valence-electron chi connectivity index (χ2n) is 13.3. The standard InChI is InChI=1S/C29H46N2O6/c1-18(2)25(32)35-9-10-36-26(33)30-17-29(5)14-21(13-28(3,4)16-29)31-27(34)37-15-20-11-19-12-24(20)23-8-6-7-22(19)23/h19-24H,1,6-17H2,2-5H3,(H,30,33)(H,31,34)/t19?,20?,21-,22?,23?,24?,29+/m1/s1. The topological polar surface area (TPSA) is 103 Å². The van der Waals surface area contributed by atoms with Crippen LogP contribution in [0.15, 0.2) is 12.2 Å². The van der Waals surface area contributed by atoms with E-state index in [4.69, 9.17) is 14.2 Å². The van der Waals surface area contributed by atoms with Gasteiger partial charge in [-0.2, -0.15) is 0 Å². The van der Waals surface area contributed by atoms with Crippen LogP contribution in [-0.4, -0.2) is 50.6 Å². The van der Waals surface area contributed by atoms with Crippen molar-refractivity contribution >= 4 is 18.2 Å². The number of carbonyl (C=O) groups excluding carboxylic acids is 3. The highest BCUT2D eigenvalue weighted by Gasteiger charge is 2.53. The Morgan fingerprint density at radius 1 is 0.919 bits per heavy atom. The molecule has 4 aliphatic rings. The molecule has 0 saturated heterocycles. The van der Waals surface area contributed by atoms with Crippen molar-refractivity contribution in [3.05, 3.63) is 12.2 Å². The summed E-state index contributed by atoms with van der Waals surface area (Å²) in [5.41, 5.74) is 0.111. The normalized spacial score (nSPS) is 35.4. The number of hydrogen-bond donors (Lipinski definition) is 2. The smallest absolute Gasteiger partial charge is 0.407 e. The SMILES string of the molecule is C=C(C)C(=O)OCCOC(=O)NC[C@@]1(C)C[C@H](NC(=O)OCC2CC3CC2C2CCCC32)CC(C)(C)C1. The molecule has 2 bridgehead atoms. The highest BCUT2D eigenvalue weighted by Crippen LogP contribution is 2.61. The molecule has 0 aromatic rings. The van der Waals surface area contributed by atoms with Crippen LogP contribution < -0.4 is 10.6 Å². The molecule has 0 spiro atoms. The van der Waals surface area contributed by atoms with Crippen LogP contribution in [0, 0.1) is 40.4 Å². The van der Waals surface area contributed by atoms with Crippen LogP contribution in [0.3, 0.4) is 0 Å². The lowest BCUT2D eigenvalue weighted by atomic mass is 9.62. The quantitative estimate of drug-likeness (QED) is 0.188. The van der Waals surface area contributed by atoms with E-state index in [0.29, 0.717) is 24.6 Å². The summed E-state index contributed by atoms with van der Waals surface area (Å²) in [6, 6.07) is -0.0140. The summed E-state index contributed by atoms with van der Waals surface area (Å²) < 4.78 is 15.8. The highest BCUT2D eigenvalue weighted by molar-refractivity contribution is 5.86. The highest BCUT2D eigenvalue weighted by atomic mass is 16.6. The lowest BCUT2D eigenvalue weighted by Crippen LogP contribution is -2.50. The molecule has 0 heterocycles. The number of ether oxygens (including phenoxy) is 3. The Morgan fingerprint density at radius 2 is 1.65 bits per heavy atom. The summed E-state index contributed by atoms with van der Waals surface area (Å²) >= 11 is 0. The maximum absolute atomic E-state index is 12.8. The summed E-state index contributed by atoms with van der Waals surface area (Å²) in [5.74, 6) is 3.47. The third-order valence-corrected chi connectivity index (χ3v) is 9.32. The first kappa shape index (κ1) is 27.8. The van der Waals surface area contributed by atoms with E-state index in [9.17, 15) is 14.4 Å². The van der Waals surface area contributed by atoms with Gasteiger partial charge in [-0.25, -0.2) is 14.4 Å². The number of hydrogen-bond acceptors (Lipinski definition) is 6. The summed E-state index contributed by atoms with van der Waals surface area (Å²) in [7, 11) is 0. The minimum absolute atomic E-state index is 0.00930. The van der Waals surface area contributed by atoms with Gasteiger partial charge in [0.15, 0.2) is 0 Å². The fourth-order valence-corrected chi connectivity index (χ4v) is 8.39. The minimum Gasteiger partial charge on any atom is -0.459 e. The Hall–Kier alpha value is -2.25. The van der Waals surface area contributed by atoms with E-state index in [1.54, 1.807) is 6.92 Å². The lowest BCUT2D eigenvalue weighted by Gasteiger charge is -2.46. The van der Waals surface area contributed by atoms with Crippen molar-refractivity contribution in [2.24, 2.45) is 40.4 Å². The van der Waals surface area contributed by atoms with Gasteiger partial charge in [0.2, 0.25) is 0 Å². The van der Waals surface area contributed by atoms with Crippen LogP contribution >= 0.6 is 0 Å². The van der Waals surface area contributed by atoms with Gasteiger partial charge in [-0.3, -0.25) is 0 Å². The van der Waals surface area contributed by atoms with Gasteiger partial charge in [0.1, 0.15) is 13.2 Å². The molecule has 0 aromatic carbocycles. The van der Waals surface area contributed by atoms with Crippen molar-refractivity contribution in [2.75, 3.05) is 26.4 Å². The Balaban J connectivity index is 1.19. The van der Waals surface area contributed by atoms with Crippen molar-refractivity contribution in [3.63, 3.8) is 0 Å². The molecule has 4 fully saturated rings. The second-order valence-corrected chi connectivity index (χ2v) is 13.3. The van der Waals surface area contributed by atoms with Gasteiger partial charge in [-0.15, -0.1) is 0 Å². The first-order valence-corrected chi connectivity index (χ1v) is 14.1. The predicted octanol–water partition coefficient (Wildman–Crippen LogP) is 5.22. The van der Waals surface area contributed by atoms with Crippen LogP contribution in [-0.2, 0) is 19.0 Å². The molecule has 0 radical (unpaired) electrons. The molecule has 208 valence electrons. The second kappa shape index (κ2) is 11.2. The summed E-state index contributed by atoms with van der Waals surface area (Å²) in [6.07, 6.45) is 8.40. The maximum Gasteiger partial charge on any atom is 0.407 e. The molecule has 4 saturated carbocycles. The van der Waals surface area contributed by atoms with Crippen LogP contribution in [0.4, 0.5) is 9.59 Å². The molecule has 2 amide bonds. The fraction of sp³-hybridized carbons (Fsp3) is 0.828. The van der Waals surface area contributed by atoms with Gasteiger partial charge in [0.25, 0.3) is 0 Å². The Morgan fingerprint density at radius 3 is 2.41 bits per heavy atom. The van der Waals surface area contributed by atoms with Crippen molar-refractivity contribution in [3.8, 4) is 0 Å². The van der Waals surface area contributed by atoms with Crippen LogP contribution in [0.2, 0.25) is 0 Å². The van der Waals surface area contributed by atoms with E-state index in [2.05, 4.69) is 38.0 Å². The van der Waals surface area contributed by atoms with Gasteiger partial charge >= 0.3 is 18.2 Å². The van der Waals surface area contributed by atoms with Gasteiger partial charge in [0, 0.05) is 18.2 Å². The molecular weight excluding hydrogens is 472 g/mol. The van der Waals surface area contributed by atoms with E-state index in [1.807, 2.05) is 0 Å². The Kier molecular flexibility index (Phi) is 8.44. The number of alkyl carbamates (subject to hydrolysis) is 2. The number of rotatable bonds is 9. The zero-order valence-electron chi connectivity index (χ0n) is 23.1. The first-order chi connectivity index (χ1) is 17.4. The monoisotopic (exact) mass is 518 g/mol. The number of fused-ring (bicyclic) bond motifs is 5. The molecule has 0 aromatic heterocycles.